The summed E-state index contributed by atoms with van der Waals surface area (Å²) in [4.78, 5) is 52.0. The standard InChI is InChI=1S/C18H30N4O6S/c1-29-9-6-11(19)16(25)21-7-2-4-13(21)15(24)20-12(10-23)17(26)22-8-3-5-14(22)18(27)28/h11-14,23H,2-10,19H2,1H3,(H,20,24)(H,27,28). The van der Waals surface area contributed by atoms with Gasteiger partial charge in [-0.25, -0.2) is 4.79 Å². The lowest BCUT2D eigenvalue weighted by Crippen LogP contribution is -2.57. The van der Waals surface area contributed by atoms with Crippen LogP contribution in [0.2, 0.25) is 0 Å². The van der Waals surface area contributed by atoms with Crippen molar-refractivity contribution >= 4 is 35.5 Å². The van der Waals surface area contributed by atoms with E-state index in [2.05, 4.69) is 5.32 Å². The Bertz CT molecular complexity index is 633. The SMILES string of the molecule is CSCCC(N)C(=O)N1CCCC1C(=O)NC(CO)C(=O)N1CCCC1C(=O)O. The number of carbonyl (C=O) groups excluding carboxylic acids is 3. The number of aliphatic hydroxyl groups is 1. The Morgan fingerprint density at radius 2 is 1.69 bits per heavy atom. The second-order valence-corrected chi connectivity index (χ2v) is 8.33. The average Bonchev–Trinajstić information content (AvgIpc) is 3.38. The van der Waals surface area contributed by atoms with Gasteiger partial charge in [0.05, 0.1) is 12.6 Å². The monoisotopic (exact) mass is 430 g/mol. The van der Waals surface area contributed by atoms with E-state index in [-0.39, 0.29) is 12.5 Å². The molecule has 2 heterocycles. The molecule has 3 amide bonds. The minimum Gasteiger partial charge on any atom is -0.480 e. The fraction of sp³-hybridized carbons (Fsp3) is 0.778. The number of nitrogens with one attached hydrogen (secondary N) is 1. The molecular weight excluding hydrogens is 400 g/mol. The van der Waals surface area contributed by atoms with Crippen LogP contribution in [0.15, 0.2) is 0 Å². The number of amides is 3. The molecule has 2 saturated heterocycles. The zero-order valence-electron chi connectivity index (χ0n) is 16.6. The van der Waals surface area contributed by atoms with Crippen LogP contribution in [0.25, 0.3) is 0 Å². The molecule has 164 valence electrons. The number of carbonyl (C=O) groups is 4. The number of nitrogens with two attached hydrogens (primary N) is 1. The first-order chi connectivity index (χ1) is 13.8. The van der Waals surface area contributed by atoms with E-state index in [1.807, 2.05) is 6.26 Å². The highest BCUT2D eigenvalue weighted by atomic mass is 32.2. The number of hydrogen-bond donors (Lipinski definition) is 4. The number of hydrogen-bond acceptors (Lipinski definition) is 7. The topological polar surface area (TPSA) is 153 Å². The van der Waals surface area contributed by atoms with Gasteiger partial charge in [0.1, 0.15) is 18.1 Å². The summed E-state index contributed by atoms with van der Waals surface area (Å²) in [7, 11) is 0. The van der Waals surface area contributed by atoms with Gasteiger partial charge in [0.25, 0.3) is 0 Å². The van der Waals surface area contributed by atoms with Crippen LogP contribution in [-0.2, 0) is 19.2 Å². The van der Waals surface area contributed by atoms with E-state index in [1.54, 1.807) is 11.8 Å². The first kappa shape index (κ1) is 23.4. The molecule has 0 aromatic carbocycles. The molecule has 0 aliphatic carbocycles. The van der Waals surface area contributed by atoms with Crippen LogP contribution in [0.5, 0.6) is 0 Å². The predicted octanol–water partition coefficient (Wildman–Crippen LogP) is -1.39. The van der Waals surface area contributed by atoms with Gasteiger partial charge >= 0.3 is 5.97 Å². The van der Waals surface area contributed by atoms with Crippen LogP contribution in [0.1, 0.15) is 32.1 Å². The zero-order chi connectivity index (χ0) is 21.6. The quantitative estimate of drug-likeness (QED) is 0.349. The van der Waals surface area contributed by atoms with E-state index in [0.717, 1.165) is 5.75 Å². The summed E-state index contributed by atoms with van der Waals surface area (Å²) in [5, 5.41) is 21.4. The normalized spacial score (nSPS) is 23.7. The largest absolute Gasteiger partial charge is 0.480 e. The molecule has 10 nitrogen and oxygen atoms in total. The van der Waals surface area contributed by atoms with Crippen LogP contribution in [0.4, 0.5) is 0 Å². The number of carboxylic acids is 1. The van der Waals surface area contributed by atoms with Gasteiger partial charge in [-0.2, -0.15) is 11.8 Å². The third-order valence-electron chi connectivity index (χ3n) is 5.41. The molecule has 2 aliphatic rings. The summed E-state index contributed by atoms with van der Waals surface area (Å²) in [5.41, 5.74) is 5.95. The van der Waals surface area contributed by atoms with Crippen LogP contribution in [0.3, 0.4) is 0 Å². The van der Waals surface area contributed by atoms with Crippen molar-refractivity contribution in [2.24, 2.45) is 5.73 Å². The number of aliphatic hydroxyl groups excluding tert-OH is 1. The first-order valence-electron chi connectivity index (χ1n) is 9.81. The molecule has 0 saturated carbocycles. The van der Waals surface area contributed by atoms with Crippen molar-refractivity contribution < 1.29 is 29.4 Å². The van der Waals surface area contributed by atoms with E-state index >= 15 is 0 Å². The molecule has 0 aromatic heterocycles. The van der Waals surface area contributed by atoms with Crippen LogP contribution < -0.4 is 11.1 Å². The van der Waals surface area contributed by atoms with Crippen molar-refractivity contribution in [3.8, 4) is 0 Å². The second-order valence-electron chi connectivity index (χ2n) is 7.35. The molecule has 4 atom stereocenters. The zero-order valence-corrected chi connectivity index (χ0v) is 17.4. The number of rotatable bonds is 9. The Balaban J connectivity index is 2.01. The Kier molecular flexibility index (Phi) is 8.72. The molecule has 0 radical (unpaired) electrons. The minimum absolute atomic E-state index is 0.264. The Hall–Kier alpha value is -1.85. The molecule has 0 spiro atoms. The summed E-state index contributed by atoms with van der Waals surface area (Å²) in [6.45, 7) is 0.0245. The van der Waals surface area contributed by atoms with Crippen molar-refractivity contribution in [3.63, 3.8) is 0 Å². The molecule has 5 N–H and O–H groups in total. The molecule has 2 rings (SSSR count). The highest BCUT2D eigenvalue weighted by Gasteiger charge is 2.40. The van der Waals surface area contributed by atoms with Gasteiger partial charge in [0.15, 0.2) is 0 Å². The third kappa shape index (κ3) is 5.61. The lowest BCUT2D eigenvalue weighted by Gasteiger charge is -2.30. The van der Waals surface area contributed by atoms with Crippen LogP contribution in [-0.4, -0.2) is 99.6 Å². The van der Waals surface area contributed by atoms with Gasteiger partial charge in [0, 0.05) is 13.1 Å². The van der Waals surface area contributed by atoms with Gasteiger partial charge in [-0.3, -0.25) is 14.4 Å². The number of thioether (sulfide) groups is 1. The second kappa shape index (κ2) is 10.8. The summed E-state index contributed by atoms with van der Waals surface area (Å²) in [6, 6.07) is -3.64. The van der Waals surface area contributed by atoms with E-state index in [0.29, 0.717) is 38.6 Å². The maximum absolute atomic E-state index is 12.8. The van der Waals surface area contributed by atoms with Gasteiger partial charge in [-0.1, -0.05) is 0 Å². The maximum Gasteiger partial charge on any atom is 0.326 e. The van der Waals surface area contributed by atoms with E-state index in [9.17, 15) is 29.4 Å². The highest BCUT2D eigenvalue weighted by Crippen LogP contribution is 2.21. The van der Waals surface area contributed by atoms with Crippen LogP contribution >= 0.6 is 11.8 Å². The first-order valence-corrected chi connectivity index (χ1v) is 11.2. The molecule has 2 aliphatic heterocycles. The third-order valence-corrected chi connectivity index (χ3v) is 6.05. The van der Waals surface area contributed by atoms with Crippen molar-refractivity contribution in [1.82, 2.24) is 15.1 Å². The van der Waals surface area contributed by atoms with Gasteiger partial charge < -0.3 is 31.1 Å². The Morgan fingerprint density at radius 1 is 1.10 bits per heavy atom. The average molecular weight is 431 g/mol. The number of aliphatic carboxylic acids is 1. The van der Waals surface area contributed by atoms with E-state index in [1.165, 1.54) is 9.80 Å². The van der Waals surface area contributed by atoms with E-state index < -0.39 is 48.6 Å². The highest BCUT2D eigenvalue weighted by molar-refractivity contribution is 7.98. The van der Waals surface area contributed by atoms with E-state index in [4.69, 9.17) is 5.73 Å². The predicted molar refractivity (Wildman–Crippen MR) is 107 cm³/mol. The van der Waals surface area contributed by atoms with Gasteiger partial charge in [-0.15, -0.1) is 0 Å². The molecule has 11 heteroatoms. The van der Waals surface area contributed by atoms with Gasteiger partial charge in [0.2, 0.25) is 17.7 Å². The molecule has 4 unspecified atom stereocenters. The summed E-state index contributed by atoms with van der Waals surface area (Å²) in [6.07, 6.45) is 4.41. The van der Waals surface area contributed by atoms with Gasteiger partial charge in [-0.05, 0) is 44.1 Å². The Labute approximate surface area is 174 Å². The number of carboxylic acid groups (broad SMARTS) is 1. The van der Waals surface area contributed by atoms with Crippen molar-refractivity contribution in [3.05, 3.63) is 0 Å². The fourth-order valence-corrected chi connectivity index (χ4v) is 4.31. The molecule has 2 fully saturated rings. The molecule has 29 heavy (non-hydrogen) atoms. The summed E-state index contributed by atoms with van der Waals surface area (Å²) < 4.78 is 0. The Morgan fingerprint density at radius 3 is 2.24 bits per heavy atom. The number of nitrogens with zero attached hydrogens (tertiary/aromatic N) is 2. The molecular formula is C18H30N4O6S. The summed E-state index contributed by atoms with van der Waals surface area (Å²) >= 11 is 1.58. The van der Waals surface area contributed by atoms with Crippen molar-refractivity contribution in [2.45, 2.75) is 56.3 Å². The minimum atomic E-state index is -1.25. The van der Waals surface area contributed by atoms with Crippen molar-refractivity contribution in [2.75, 3.05) is 31.7 Å². The smallest absolute Gasteiger partial charge is 0.326 e. The maximum atomic E-state index is 12.8. The van der Waals surface area contributed by atoms with Crippen molar-refractivity contribution in [1.29, 1.82) is 0 Å². The number of likely N-dealkylation sites (tertiary alicyclic amines) is 2. The fourth-order valence-electron chi connectivity index (χ4n) is 3.83. The lowest BCUT2D eigenvalue weighted by molar-refractivity contribution is -0.150. The summed E-state index contributed by atoms with van der Waals surface area (Å²) in [5.74, 6) is -1.83. The lowest BCUT2D eigenvalue weighted by atomic mass is 10.1. The molecule has 0 aromatic rings. The molecule has 0 bridgehead atoms. The van der Waals surface area contributed by atoms with Crippen LogP contribution in [0, 0.1) is 0 Å².